The Kier molecular flexibility index (Phi) is 13.2. The molecule has 7 nitrogen and oxygen atoms in total. The van der Waals surface area contributed by atoms with E-state index < -0.39 is 10.0 Å². The first kappa shape index (κ1) is 32.7. The molecule has 0 saturated heterocycles. The van der Waals surface area contributed by atoms with Crippen LogP contribution in [-0.2, 0) is 22.9 Å². The minimum absolute atomic E-state index is 0.00221. The summed E-state index contributed by atoms with van der Waals surface area (Å²) < 4.78 is 38.0. The number of rotatable bonds is 20. The number of anilines is 1. The number of ketones is 1. The molecule has 0 aliphatic rings. The second-order valence-electron chi connectivity index (χ2n) is 10.9. The number of aryl methyl sites for hydroxylation is 2. The lowest BCUT2D eigenvalue weighted by atomic mass is 9.98. The van der Waals surface area contributed by atoms with Gasteiger partial charge in [-0.15, -0.1) is 0 Å². The van der Waals surface area contributed by atoms with E-state index >= 15 is 0 Å². The monoisotopic (exact) mass is 584 g/mol. The van der Waals surface area contributed by atoms with Crippen LogP contribution >= 0.6 is 0 Å². The van der Waals surface area contributed by atoms with Gasteiger partial charge in [-0.2, -0.15) is 0 Å². The van der Waals surface area contributed by atoms with E-state index in [0.29, 0.717) is 53.8 Å². The molecule has 0 atom stereocenters. The predicted octanol–water partition coefficient (Wildman–Crippen LogP) is 7.63. The molecule has 0 unspecified atom stereocenters. The van der Waals surface area contributed by atoms with Gasteiger partial charge in [0.15, 0.2) is 5.78 Å². The lowest BCUT2D eigenvalue weighted by molar-refractivity contribution is 0.0982. The molecule has 41 heavy (non-hydrogen) atoms. The summed E-state index contributed by atoms with van der Waals surface area (Å²) >= 11 is 0. The second kappa shape index (κ2) is 16.6. The van der Waals surface area contributed by atoms with E-state index in [4.69, 9.17) is 9.15 Å². The highest BCUT2D eigenvalue weighted by Crippen LogP contribution is 2.31. The first-order valence-electron chi connectivity index (χ1n) is 15.2. The van der Waals surface area contributed by atoms with Crippen molar-refractivity contribution in [1.29, 1.82) is 0 Å². The number of nitrogens with one attached hydrogen (secondary N) is 1. The van der Waals surface area contributed by atoms with Gasteiger partial charge in [-0.3, -0.25) is 9.52 Å². The number of carbonyl (C=O) groups excluding carboxylic acids is 1. The number of carbonyl (C=O) groups is 1. The number of sulfonamides is 1. The van der Waals surface area contributed by atoms with Crippen molar-refractivity contribution >= 4 is 32.5 Å². The normalized spacial score (nSPS) is 11.8. The van der Waals surface area contributed by atoms with Crippen LogP contribution in [0.3, 0.4) is 0 Å². The van der Waals surface area contributed by atoms with Crippen LogP contribution in [-0.4, -0.2) is 51.6 Å². The Balaban J connectivity index is 1.59. The number of fused-ring (bicyclic) bond motifs is 1. The summed E-state index contributed by atoms with van der Waals surface area (Å²) in [6.07, 6.45) is 10.5. The predicted molar refractivity (Wildman–Crippen MR) is 169 cm³/mol. The van der Waals surface area contributed by atoms with Crippen molar-refractivity contribution < 1.29 is 22.4 Å². The van der Waals surface area contributed by atoms with Gasteiger partial charge in [0.05, 0.1) is 18.4 Å². The minimum Gasteiger partial charge on any atom is -0.494 e. The second-order valence-corrected chi connectivity index (χ2v) is 12.7. The summed E-state index contributed by atoms with van der Waals surface area (Å²) in [5, 5.41) is 0.654. The van der Waals surface area contributed by atoms with Crippen LogP contribution in [0.4, 0.5) is 5.69 Å². The maximum Gasteiger partial charge on any atom is 0.229 e. The molecule has 8 heteroatoms. The number of Topliss-reactive ketones (excluding diaryl/α,β-unsaturated/α-hetero) is 1. The molecule has 1 N–H and O–H groups in total. The molecule has 1 aromatic heterocycles. The van der Waals surface area contributed by atoms with Gasteiger partial charge < -0.3 is 14.1 Å². The summed E-state index contributed by atoms with van der Waals surface area (Å²) in [5.74, 6) is 1.53. The van der Waals surface area contributed by atoms with Crippen LogP contribution in [0.25, 0.3) is 11.0 Å². The number of benzene rings is 2. The molecule has 0 aliphatic heterocycles. The summed E-state index contributed by atoms with van der Waals surface area (Å²) in [6.45, 7) is 10.7. The smallest absolute Gasteiger partial charge is 0.229 e. The van der Waals surface area contributed by atoms with E-state index in [-0.39, 0.29) is 5.78 Å². The van der Waals surface area contributed by atoms with Crippen LogP contribution in [0.5, 0.6) is 5.75 Å². The van der Waals surface area contributed by atoms with Gasteiger partial charge in [-0.25, -0.2) is 8.42 Å². The van der Waals surface area contributed by atoms with Gasteiger partial charge in [0.25, 0.3) is 0 Å². The third-order valence-electron chi connectivity index (χ3n) is 7.21. The van der Waals surface area contributed by atoms with Crippen LogP contribution in [0.15, 0.2) is 46.9 Å². The highest BCUT2D eigenvalue weighted by molar-refractivity contribution is 7.92. The molecule has 0 fully saturated rings. The number of ether oxygens (including phenoxy) is 1. The average Bonchev–Trinajstić information content (AvgIpc) is 3.31. The molecular weight excluding hydrogens is 536 g/mol. The summed E-state index contributed by atoms with van der Waals surface area (Å²) in [7, 11) is -3.43. The number of furan rings is 1. The Morgan fingerprint density at radius 3 is 2.17 bits per heavy atom. The molecular formula is C33H48N2O5S. The zero-order valence-electron chi connectivity index (χ0n) is 25.3. The SMILES string of the molecule is CCCCc1oc2ccc(NS(C)(=O)=O)cc2c1C(=O)CCc1ccc(OCCCN(CCCC)CCCC)cc1. The standard InChI is InChI=1S/C33H48N2O5S/c1-5-8-12-32-33(29-25-27(34-41(4,37)38)16-20-31(29)40-32)30(36)19-15-26-13-17-28(18-14-26)39-24-11-23-35(21-9-6-2)22-10-7-3/h13-14,16-18,20,25,34H,5-12,15,19,21-24H2,1-4H3. The molecule has 1 heterocycles. The Morgan fingerprint density at radius 2 is 1.54 bits per heavy atom. The zero-order chi connectivity index (χ0) is 29.7. The van der Waals surface area contributed by atoms with Gasteiger partial charge in [0.1, 0.15) is 17.1 Å². The van der Waals surface area contributed by atoms with Crippen molar-refractivity contribution in [1.82, 2.24) is 4.90 Å². The Morgan fingerprint density at radius 1 is 0.878 bits per heavy atom. The molecule has 2 aromatic carbocycles. The number of hydrogen-bond donors (Lipinski definition) is 1. The molecule has 226 valence electrons. The molecule has 0 spiro atoms. The minimum atomic E-state index is -3.43. The molecule has 0 aliphatic carbocycles. The highest BCUT2D eigenvalue weighted by atomic mass is 32.2. The van der Waals surface area contributed by atoms with Crippen LogP contribution < -0.4 is 9.46 Å². The fourth-order valence-electron chi connectivity index (χ4n) is 4.96. The van der Waals surface area contributed by atoms with E-state index in [1.165, 1.54) is 25.7 Å². The number of unbranched alkanes of at least 4 members (excludes halogenated alkanes) is 3. The molecule has 0 radical (unpaired) electrons. The Hall–Kier alpha value is -2.84. The maximum atomic E-state index is 13.5. The summed E-state index contributed by atoms with van der Waals surface area (Å²) in [4.78, 5) is 16.0. The lowest BCUT2D eigenvalue weighted by Crippen LogP contribution is -2.28. The number of nitrogens with zero attached hydrogens (tertiary/aromatic N) is 1. The first-order valence-corrected chi connectivity index (χ1v) is 17.1. The topological polar surface area (TPSA) is 88.8 Å². The summed E-state index contributed by atoms with van der Waals surface area (Å²) in [6, 6.07) is 13.1. The first-order chi connectivity index (χ1) is 19.7. The third kappa shape index (κ3) is 10.8. The summed E-state index contributed by atoms with van der Waals surface area (Å²) in [5.41, 5.74) is 2.65. The van der Waals surface area contributed by atoms with E-state index in [0.717, 1.165) is 56.5 Å². The molecule has 3 rings (SSSR count). The average molecular weight is 585 g/mol. The molecule has 0 amide bonds. The van der Waals surface area contributed by atoms with E-state index in [1.54, 1.807) is 18.2 Å². The number of hydrogen-bond acceptors (Lipinski definition) is 6. The molecule has 3 aromatic rings. The van der Waals surface area contributed by atoms with Gasteiger partial charge >= 0.3 is 0 Å². The van der Waals surface area contributed by atoms with Gasteiger partial charge in [0.2, 0.25) is 10.0 Å². The van der Waals surface area contributed by atoms with Gasteiger partial charge in [0, 0.05) is 30.5 Å². The van der Waals surface area contributed by atoms with Gasteiger partial charge in [-0.1, -0.05) is 52.2 Å². The van der Waals surface area contributed by atoms with Crippen molar-refractivity contribution in [3.05, 3.63) is 59.4 Å². The fraction of sp³-hybridized carbons (Fsp3) is 0.545. The quantitative estimate of drug-likeness (QED) is 0.108. The molecule has 0 saturated carbocycles. The maximum absolute atomic E-state index is 13.5. The van der Waals surface area contributed by atoms with E-state index in [2.05, 4.69) is 30.4 Å². The largest absolute Gasteiger partial charge is 0.494 e. The van der Waals surface area contributed by atoms with E-state index in [1.807, 2.05) is 24.3 Å². The molecule has 0 bridgehead atoms. The van der Waals surface area contributed by atoms with Crippen molar-refractivity contribution in [2.45, 2.75) is 85.0 Å². The van der Waals surface area contributed by atoms with Crippen LogP contribution in [0, 0.1) is 0 Å². The Labute approximate surface area is 246 Å². The van der Waals surface area contributed by atoms with Crippen molar-refractivity contribution in [3.8, 4) is 5.75 Å². The van der Waals surface area contributed by atoms with Crippen LogP contribution in [0.2, 0.25) is 0 Å². The van der Waals surface area contributed by atoms with Crippen molar-refractivity contribution in [3.63, 3.8) is 0 Å². The van der Waals surface area contributed by atoms with Crippen LogP contribution in [0.1, 0.15) is 93.8 Å². The zero-order valence-corrected chi connectivity index (χ0v) is 26.2. The van der Waals surface area contributed by atoms with E-state index in [9.17, 15) is 13.2 Å². The van der Waals surface area contributed by atoms with Gasteiger partial charge in [-0.05, 0) is 81.1 Å². The highest BCUT2D eigenvalue weighted by Gasteiger charge is 2.21. The van der Waals surface area contributed by atoms with Crippen molar-refractivity contribution in [2.75, 3.05) is 37.2 Å². The lowest BCUT2D eigenvalue weighted by Gasteiger charge is -2.21. The Bertz CT molecular complexity index is 1320. The third-order valence-corrected chi connectivity index (χ3v) is 7.81. The van der Waals surface area contributed by atoms with Crippen molar-refractivity contribution in [2.24, 2.45) is 0 Å². The fourth-order valence-corrected chi connectivity index (χ4v) is 5.51.